The number of hydrogen-bond donors (Lipinski definition) is 2. The van der Waals surface area contributed by atoms with Gasteiger partial charge in [0.2, 0.25) is 0 Å². The van der Waals surface area contributed by atoms with Crippen molar-refractivity contribution >= 4 is 10.0 Å². The molecule has 0 aromatic carbocycles. The largest absolute Gasteiger partial charge is 0.310 e. The van der Waals surface area contributed by atoms with E-state index in [1.807, 2.05) is 20.8 Å². The summed E-state index contributed by atoms with van der Waals surface area (Å²) in [6, 6.07) is 0.343. The molecule has 1 aromatic heterocycles. The lowest BCUT2D eigenvalue weighted by molar-refractivity contribution is 0.402. The minimum atomic E-state index is -3.48. The van der Waals surface area contributed by atoms with E-state index in [2.05, 4.69) is 22.4 Å². The van der Waals surface area contributed by atoms with Crippen LogP contribution in [0, 0.1) is 5.92 Å². The van der Waals surface area contributed by atoms with Crippen molar-refractivity contribution in [1.29, 1.82) is 0 Å². The maximum absolute atomic E-state index is 12.7. The Hall–Kier alpha value is -0.920. The second kappa shape index (κ2) is 5.83. The Balaban J connectivity index is 2.24. The normalized spacial score (nSPS) is 24.6. The predicted molar refractivity (Wildman–Crippen MR) is 77.7 cm³/mol. The molecule has 2 atom stereocenters. The zero-order valence-electron chi connectivity index (χ0n) is 12.5. The Morgan fingerprint density at radius 3 is 2.75 bits per heavy atom. The van der Waals surface area contributed by atoms with E-state index < -0.39 is 10.0 Å². The van der Waals surface area contributed by atoms with Crippen LogP contribution < -0.4 is 5.32 Å². The molecule has 1 aromatic rings. The second-order valence-corrected chi connectivity index (χ2v) is 7.85. The van der Waals surface area contributed by atoms with Gasteiger partial charge in [0.15, 0.2) is 5.03 Å². The monoisotopic (exact) mass is 300 g/mol. The summed E-state index contributed by atoms with van der Waals surface area (Å²) in [6.45, 7) is 9.18. The maximum atomic E-state index is 12.7. The topological polar surface area (TPSA) is 78.1 Å². The molecule has 1 fully saturated rings. The van der Waals surface area contributed by atoms with Gasteiger partial charge >= 0.3 is 0 Å². The summed E-state index contributed by atoms with van der Waals surface area (Å²) in [4.78, 5) is 0. The molecule has 6 nitrogen and oxygen atoms in total. The number of aromatic nitrogens is 2. The molecule has 0 amide bonds. The third-order valence-electron chi connectivity index (χ3n) is 3.67. The number of nitrogens with zero attached hydrogens (tertiary/aromatic N) is 2. The van der Waals surface area contributed by atoms with Gasteiger partial charge in [0.05, 0.1) is 6.20 Å². The smallest absolute Gasteiger partial charge is 0.260 e. The Morgan fingerprint density at radius 2 is 2.20 bits per heavy atom. The van der Waals surface area contributed by atoms with Crippen LogP contribution in [0.25, 0.3) is 0 Å². The number of sulfonamides is 1. The van der Waals surface area contributed by atoms with E-state index in [0.717, 1.165) is 6.42 Å². The number of H-pyrrole nitrogens is 1. The second-order valence-electron chi connectivity index (χ2n) is 6.02. The highest BCUT2D eigenvalue weighted by Crippen LogP contribution is 2.29. The Bertz CT molecular complexity index is 552. The molecule has 20 heavy (non-hydrogen) atoms. The first-order valence-corrected chi connectivity index (χ1v) is 8.53. The molecule has 0 aliphatic carbocycles. The quantitative estimate of drug-likeness (QED) is 0.860. The van der Waals surface area contributed by atoms with Crippen molar-refractivity contribution in [3.05, 3.63) is 11.8 Å². The Morgan fingerprint density at radius 1 is 1.50 bits per heavy atom. The molecule has 0 spiro atoms. The summed E-state index contributed by atoms with van der Waals surface area (Å²) >= 11 is 0. The van der Waals surface area contributed by atoms with E-state index in [4.69, 9.17) is 0 Å². The summed E-state index contributed by atoms with van der Waals surface area (Å²) in [6.07, 6.45) is 2.50. The lowest BCUT2D eigenvalue weighted by Gasteiger charge is -2.20. The number of rotatable bonds is 5. The average Bonchev–Trinajstić information content (AvgIpc) is 2.93. The van der Waals surface area contributed by atoms with Crippen molar-refractivity contribution < 1.29 is 8.42 Å². The lowest BCUT2D eigenvalue weighted by Crippen LogP contribution is -2.35. The molecule has 0 bridgehead atoms. The van der Waals surface area contributed by atoms with Crippen LogP contribution in [0.5, 0.6) is 0 Å². The minimum Gasteiger partial charge on any atom is -0.310 e. The van der Waals surface area contributed by atoms with Gasteiger partial charge in [-0.25, -0.2) is 8.42 Å². The highest BCUT2D eigenvalue weighted by Gasteiger charge is 2.37. The molecule has 0 saturated carbocycles. The molecule has 1 aliphatic rings. The highest BCUT2D eigenvalue weighted by molar-refractivity contribution is 7.89. The van der Waals surface area contributed by atoms with Crippen molar-refractivity contribution in [2.24, 2.45) is 5.92 Å². The minimum absolute atomic E-state index is 0.0456. The standard InChI is InChI=1S/C13H24N4O2S/c1-9(2)14-6-12-7-15-16-13(12)20(18,19)17-8-10(3)5-11(17)4/h7,9-11,14H,5-6,8H2,1-4H3,(H,15,16). The molecule has 1 aliphatic heterocycles. The van der Waals surface area contributed by atoms with Crippen LogP contribution in [0.1, 0.15) is 39.7 Å². The Labute approximate surface area is 121 Å². The molecule has 1 saturated heterocycles. The summed E-state index contributed by atoms with van der Waals surface area (Å²) in [5.74, 6) is 0.403. The number of nitrogens with one attached hydrogen (secondary N) is 2. The highest BCUT2D eigenvalue weighted by atomic mass is 32.2. The molecule has 2 heterocycles. The van der Waals surface area contributed by atoms with Crippen LogP contribution in [0.2, 0.25) is 0 Å². The van der Waals surface area contributed by atoms with E-state index in [-0.39, 0.29) is 11.1 Å². The first kappa shape index (κ1) is 15.5. The maximum Gasteiger partial charge on any atom is 0.260 e. The van der Waals surface area contributed by atoms with Gasteiger partial charge in [-0.05, 0) is 19.3 Å². The van der Waals surface area contributed by atoms with E-state index >= 15 is 0 Å². The van der Waals surface area contributed by atoms with Gasteiger partial charge in [-0.2, -0.15) is 9.40 Å². The van der Waals surface area contributed by atoms with E-state index in [1.54, 1.807) is 10.5 Å². The van der Waals surface area contributed by atoms with Crippen LogP contribution >= 0.6 is 0 Å². The zero-order chi connectivity index (χ0) is 14.9. The average molecular weight is 300 g/mol. The van der Waals surface area contributed by atoms with Crippen molar-refractivity contribution in [2.75, 3.05) is 6.54 Å². The molecular formula is C13H24N4O2S. The third-order valence-corrected chi connectivity index (χ3v) is 5.67. The van der Waals surface area contributed by atoms with Gasteiger partial charge in [0.25, 0.3) is 10.0 Å². The summed E-state index contributed by atoms with van der Waals surface area (Å²) in [5, 5.41) is 10.0. The fourth-order valence-corrected chi connectivity index (χ4v) is 4.55. The molecule has 7 heteroatoms. The molecule has 2 N–H and O–H groups in total. The van der Waals surface area contributed by atoms with Crippen LogP contribution in [0.3, 0.4) is 0 Å². The van der Waals surface area contributed by atoms with Gasteiger partial charge in [0, 0.05) is 30.7 Å². The molecule has 0 radical (unpaired) electrons. The van der Waals surface area contributed by atoms with Crippen molar-refractivity contribution in [1.82, 2.24) is 19.8 Å². The Kier molecular flexibility index (Phi) is 4.51. The first-order chi connectivity index (χ1) is 9.32. The SMILES string of the molecule is CC1CC(C)N(S(=O)(=O)c2[nH]ncc2CNC(C)C)C1. The predicted octanol–water partition coefficient (Wildman–Crippen LogP) is 1.33. The van der Waals surface area contributed by atoms with Gasteiger partial charge in [-0.15, -0.1) is 0 Å². The van der Waals surface area contributed by atoms with Crippen LogP contribution in [0.4, 0.5) is 0 Å². The molecule has 114 valence electrons. The van der Waals surface area contributed by atoms with Crippen molar-refractivity contribution in [3.63, 3.8) is 0 Å². The van der Waals surface area contributed by atoms with Crippen LogP contribution in [0.15, 0.2) is 11.2 Å². The van der Waals surface area contributed by atoms with E-state index in [0.29, 0.717) is 30.6 Å². The fraction of sp³-hybridized carbons (Fsp3) is 0.769. The molecule has 2 unspecified atom stereocenters. The molecular weight excluding hydrogens is 276 g/mol. The zero-order valence-corrected chi connectivity index (χ0v) is 13.4. The lowest BCUT2D eigenvalue weighted by atomic mass is 10.1. The van der Waals surface area contributed by atoms with Gasteiger partial charge in [0.1, 0.15) is 0 Å². The van der Waals surface area contributed by atoms with Gasteiger partial charge in [-0.3, -0.25) is 5.10 Å². The number of hydrogen-bond acceptors (Lipinski definition) is 4. The fourth-order valence-electron chi connectivity index (χ4n) is 2.68. The van der Waals surface area contributed by atoms with Crippen LogP contribution in [-0.4, -0.2) is 41.5 Å². The van der Waals surface area contributed by atoms with Crippen LogP contribution in [-0.2, 0) is 16.6 Å². The summed E-state index contributed by atoms with van der Waals surface area (Å²) < 4.78 is 27.1. The van der Waals surface area contributed by atoms with E-state index in [1.165, 1.54) is 0 Å². The third kappa shape index (κ3) is 3.05. The van der Waals surface area contributed by atoms with Gasteiger partial charge < -0.3 is 5.32 Å². The van der Waals surface area contributed by atoms with Crippen molar-refractivity contribution in [3.8, 4) is 0 Å². The number of aromatic amines is 1. The molecule has 2 rings (SSSR count). The van der Waals surface area contributed by atoms with Crippen molar-refractivity contribution in [2.45, 2.75) is 57.8 Å². The summed E-state index contributed by atoms with van der Waals surface area (Å²) in [7, 11) is -3.48. The van der Waals surface area contributed by atoms with Gasteiger partial charge in [-0.1, -0.05) is 20.8 Å². The first-order valence-electron chi connectivity index (χ1n) is 7.09. The summed E-state index contributed by atoms with van der Waals surface area (Å²) in [5.41, 5.74) is 0.699. The van der Waals surface area contributed by atoms with E-state index in [9.17, 15) is 8.42 Å².